The summed E-state index contributed by atoms with van der Waals surface area (Å²) >= 11 is 6.21. The van der Waals surface area contributed by atoms with Gasteiger partial charge in [-0.05, 0) is 43.5 Å². The normalized spacial score (nSPS) is 12.8. The Labute approximate surface area is 164 Å². The molecule has 0 fully saturated rings. The molecule has 0 bridgehead atoms. The molecule has 2 aromatic carbocycles. The maximum Gasteiger partial charge on any atom is 0.229 e. The van der Waals surface area contributed by atoms with E-state index in [1.54, 1.807) is 13.2 Å². The third-order valence-electron chi connectivity index (χ3n) is 4.73. The minimum absolute atomic E-state index is 0.536. The van der Waals surface area contributed by atoms with Crippen LogP contribution in [0.3, 0.4) is 0 Å². The highest BCUT2D eigenvalue weighted by Crippen LogP contribution is 2.35. The lowest BCUT2D eigenvalue weighted by Gasteiger charge is -2.20. The fraction of sp³-hybridized carbons (Fsp3) is 0.238. The van der Waals surface area contributed by atoms with Crippen molar-refractivity contribution in [1.82, 2.24) is 9.97 Å². The molecule has 6 heteroatoms. The van der Waals surface area contributed by atoms with Gasteiger partial charge in [-0.15, -0.1) is 0 Å². The molecule has 1 N–H and O–H groups in total. The summed E-state index contributed by atoms with van der Waals surface area (Å²) in [6.07, 6.45) is 1.02. The molecular weight excluding hydrogens is 360 g/mol. The number of methoxy groups -OCH3 is 1. The maximum atomic E-state index is 6.21. The van der Waals surface area contributed by atoms with E-state index in [1.807, 2.05) is 26.0 Å². The predicted molar refractivity (Wildman–Crippen MR) is 110 cm³/mol. The van der Waals surface area contributed by atoms with E-state index in [0.29, 0.717) is 16.7 Å². The van der Waals surface area contributed by atoms with Crippen molar-refractivity contribution < 1.29 is 4.74 Å². The zero-order valence-corrected chi connectivity index (χ0v) is 16.3. The summed E-state index contributed by atoms with van der Waals surface area (Å²) < 4.78 is 5.45. The monoisotopic (exact) mass is 380 g/mol. The van der Waals surface area contributed by atoms with Crippen molar-refractivity contribution in [3.63, 3.8) is 0 Å². The Kier molecular flexibility index (Phi) is 4.62. The first kappa shape index (κ1) is 17.6. The second-order valence-electron chi connectivity index (χ2n) is 6.65. The van der Waals surface area contributed by atoms with Crippen LogP contribution in [0.2, 0.25) is 5.02 Å². The Morgan fingerprint density at radius 1 is 1.11 bits per heavy atom. The fourth-order valence-corrected chi connectivity index (χ4v) is 3.53. The number of ether oxygens (including phenoxy) is 1. The Morgan fingerprint density at radius 3 is 2.74 bits per heavy atom. The molecule has 1 aliphatic heterocycles. The van der Waals surface area contributed by atoms with Crippen molar-refractivity contribution in [3.8, 4) is 5.75 Å². The van der Waals surface area contributed by atoms with Gasteiger partial charge in [-0.3, -0.25) is 0 Å². The molecule has 27 heavy (non-hydrogen) atoms. The van der Waals surface area contributed by atoms with Crippen LogP contribution >= 0.6 is 11.6 Å². The quantitative estimate of drug-likeness (QED) is 0.674. The van der Waals surface area contributed by atoms with Crippen molar-refractivity contribution in [2.24, 2.45) is 0 Å². The van der Waals surface area contributed by atoms with Crippen LogP contribution in [0.25, 0.3) is 0 Å². The van der Waals surface area contributed by atoms with Gasteiger partial charge in [0.25, 0.3) is 0 Å². The van der Waals surface area contributed by atoms with E-state index >= 15 is 0 Å². The molecule has 0 saturated carbocycles. The third kappa shape index (κ3) is 3.43. The average molecular weight is 381 g/mol. The van der Waals surface area contributed by atoms with Gasteiger partial charge in [0.1, 0.15) is 11.6 Å². The molecule has 138 valence electrons. The van der Waals surface area contributed by atoms with E-state index < -0.39 is 0 Å². The van der Waals surface area contributed by atoms with Gasteiger partial charge in [0.15, 0.2) is 0 Å². The van der Waals surface area contributed by atoms with Crippen LogP contribution in [0.5, 0.6) is 5.75 Å². The minimum atomic E-state index is 0.536. The third-order valence-corrected chi connectivity index (χ3v) is 5.14. The van der Waals surface area contributed by atoms with Crippen LogP contribution in [0, 0.1) is 13.8 Å². The number of rotatable bonds is 4. The van der Waals surface area contributed by atoms with E-state index in [0.717, 1.165) is 35.7 Å². The fourth-order valence-electron chi connectivity index (χ4n) is 3.37. The lowest BCUT2D eigenvalue weighted by atomic mass is 10.2. The molecule has 0 saturated heterocycles. The Balaban J connectivity index is 1.69. The zero-order chi connectivity index (χ0) is 19.0. The summed E-state index contributed by atoms with van der Waals surface area (Å²) in [6.45, 7) is 4.85. The SMILES string of the molecule is COc1cc(Cl)c(C)cc1Nc1nc(C)cc(N2CCc3ccccc32)n1. The number of halogens is 1. The molecule has 0 radical (unpaired) electrons. The first-order chi connectivity index (χ1) is 13.0. The number of anilines is 4. The number of aromatic nitrogens is 2. The Bertz CT molecular complexity index is 1010. The molecular formula is C21H21ClN4O. The molecule has 0 unspecified atom stereocenters. The van der Waals surface area contributed by atoms with Gasteiger partial charge in [0.05, 0.1) is 12.8 Å². The van der Waals surface area contributed by atoms with Crippen LogP contribution in [0.4, 0.5) is 23.1 Å². The van der Waals surface area contributed by atoms with Crippen molar-refractivity contribution in [2.75, 3.05) is 23.9 Å². The van der Waals surface area contributed by atoms with E-state index in [1.165, 1.54) is 11.3 Å². The number of aryl methyl sites for hydroxylation is 2. The summed E-state index contributed by atoms with van der Waals surface area (Å²) in [5.74, 6) is 2.08. The second-order valence-corrected chi connectivity index (χ2v) is 7.06. The molecule has 4 rings (SSSR count). The number of benzene rings is 2. The molecule has 1 aliphatic rings. The van der Waals surface area contributed by atoms with Crippen molar-refractivity contribution in [2.45, 2.75) is 20.3 Å². The van der Waals surface area contributed by atoms with Crippen LogP contribution in [0.15, 0.2) is 42.5 Å². The lowest BCUT2D eigenvalue weighted by molar-refractivity contribution is 0.416. The lowest BCUT2D eigenvalue weighted by Crippen LogP contribution is -2.16. The number of nitrogens with zero attached hydrogens (tertiary/aromatic N) is 3. The van der Waals surface area contributed by atoms with Gasteiger partial charge < -0.3 is 15.0 Å². The molecule has 0 amide bonds. The number of hydrogen-bond donors (Lipinski definition) is 1. The molecule has 1 aromatic heterocycles. The minimum Gasteiger partial charge on any atom is -0.495 e. The molecule has 0 spiro atoms. The first-order valence-electron chi connectivity index (χ1n) is 8.87. The molecule has 5 nitrogen and oxygen atoms in total. The molecule has 0 aliphatic carbocycles. The highest BCUT2D eigenvalue weighted by atomic mass is 35.5. The number of hydrogen-bond acceptors (Lipinski definition) is 5. The summed E-state index contributed by atoms with van der Waals surface area (Å²) in [5.41, 5.74) is 5.20. The smallest absolute Gasteiger partial charge is 0.229 e. The van der Waals surface area contributed by atoms with E-state index in [2.05, 4.69) is 39.5 Å². The molecule has 2 heterocycles. The number of fused-ring (bicyclic) bond motifs is 1. The highest BCUT2D eigenvalue weighted by molar-refractivity contribution is 6.31. The summed E-state index contributed by atoms with van der Waals surface area (Å²) in [5, 5.41) is 3.95. The van der Waals surface area contributed by atoms with Gasteiger partial charge in [-0.1, -0.05) is 29.8 Å². The van der Waals surface area contributed by atoms with Crippen LogP contribution in [-0.2, 0) is 6.42 Å². The van der Waals surface area contributed by atoms with Gasteiger partial charge in [0.2, 0.25) is 5.95 Å². The highest BCUT2D eigenvalue weighted by Gasteiger charge is 2.21. The Hall–Kier alpha value is -2.79. The maximum absolute atomic E-state index is 6.21. The van der Waals surface area contributed by atoms with E-state index in [9.17, 15) is 0 Å². The standard InChI is InChI=1S/C21H21ClN4O/c1-13-10-17(19(27-3)12-16(13)22)24-21-23-14(2)11-20(25-21)26-9-8-15-6-4-5-7-18(15)26/h4-7,10-12H,8-9H2,1-3H3,(H,23,24,25). The Morgan fingerprint density at radius 2 is 1.93 bits per heavy atom. The largest absolute Gasteiger partial charge is 0.495 e. The van der Waals surface area contributed by atoms with Crippen LogP contribution in [-0.4, -0.2) is 23.6 Å². The summed E-state index contributed by atoms with van der Waals surface area (Å²) in [6, 6.07) is 14.2. The van der Waals surface area contributed by atoms with Gasteiger partial charge in [0, 0.05) is 35.1 Å². The van der Waals surface area contributed by atoms with E-state index in [-0.39, 0.29) is 0 Å². The molecule has 3 aromatic rings. The van der Waals surface area contributed by atoms with Crippen molar-refractivity contribution in [3.05, 3.63) is 64.3 Å². The first-order valence-corrected chi connectivity index (χ1v) is 9.25. The van der Waals surface area contributed by atoms with E-state index in [4.69, 9.17) is 21.3 Å². The van der Waals surface area contributed by atoms with Crippen LogP contribution < -0.4 is 15.0 Å². The van der Waals surface area contributed by atoms with Gasteiger partial charge >= 0.3 is 0 Å². The van der Waals surface area contributed by atoms with Gasteiger partial charge in [-0.2, -0.15) is 4.98 Å². The van der Waals surface area contributed by atoms with Crippen molar-refractivity contribution >= 4 is 34.7 Å². The topological polar surface area (TPSA) is 50.3 Å². The molecule has 0 atom stereocenters. The van der Waals surface area contributed by atoms with Gasteiger partial charge in [-0.25, -0.2) is 4.98 Å². The number of nitrogens with one attached hydrogen (secondary N) is 1. The number of para-hydroxylation sites is 1. The summed E-state index contributed by atoms with van der Waals surface area (Å²) in [7, 11) is 1.62. The average Bonchev–Trinajstić information content (AvgIpc) is 3.08. The second kappa shape index (κ2) is 7.08. The van der Waals surface area contributed by atoms with Crippen molar-refractivity contribution in [1.29, 1.82) is 0 Å². The summed E-state index contributed by atoms with van der Waals surface area (Å²) in [4.78, 5) is 11.5. The predicted octanol–water partition coefficient (Wildman–Crippen LogP) is 5.19. The zero-order valence-electron chi connectivity index (χ0n) is 15.6. The van der Waals surface area contributed by atoms with Crippen LogP contribution in [0.1, 0.15) is 16.8 Å².